The van der Waals surface area contributed by atoms with Gasteiger partial charge in [-0.1, -0.05) is 109 Å². The summed E-state index contributed by atoms with van der Waals surface area (Å²) < 4.78 is 8.74. The molecule has 6 aromatic rings. The van der Waals surface area contributed by atoms with Crippen LogP contribution in [-0.2, 0) is 4.57 Å². The molecule has 0 heterocycles. The summed E-state index contributed by atoms with van der Waals surface area (Å²) in [5.74, 6) is 0.315. The molecule has 0 aromatic heterocycles. The lowest BCUT2D eigenvalue weighted by Crippen LogP contribution is -1.90. The summed E-state index contributed by atoms with van der Waals surface area (Å²) in [7, 11) is -3.13. The second-order valence-electron chi connectivity index (χ2n) is 8.63. The van der Waals surface area contributed by atoms with Gasteiger partial charge >= 0.3 is 8.25 Å². The van der Waals surface area contributed by atoms with Gasteiger partial charge in [-0.05, 0) is 62.0 Å². The summed E-state index contributed by atoms with van der Waals surface area (Å²) in [5, 5.41) is 16.2. The van der Waals surface area contributed by atoms with Gasteiger partial charge in [0.15, 0.2) is 0 Å². The van der Waals surface area contributed by atoms with Crippen molar-refractivity contribution in [1.29, 1.82) is 0 Å². The topological polar surface area (TPSA) is 77.8 Å². The molecule has 0 saturated carbocycles. The molecule has 6 rings (SSSR count). The maximum atomic E-state index is 11.7. The van der Waals surface area contributed by atoms with E-state index in [1.54, 1.807) is 0 Å². The van der Waals surface area contributed by atoms with E-state index in [-0.39, 0.29) is 0 Å². The molecule has 0 amide bonds. The molecule has 0 aliphatic heterocycles. The lowest BCUT2D eigenvalue weighted by Gasteiger charge is -2.17. The molecule has 0 bridgehead atoms. The molecule has 5 heteroatoms. The van der Waals surface area contributed by atoms with Crippen LogP contribution in [0, 0.1) is 0 Å². The highest BCUT2D eigenvalue weighted by Crippen LogP contribution is 2.46. The average Bonchev–Trinajstić information content (AvgIpc) is 2.93. The SMILES string of the molecule is O=[PH](O)O.Oc1c(-c2ccccc2)cc2ccccc2c1-c1cc(-c2ccccc2)cc2ccccc12. The van der Waals surface area contributed by atoms with Crippen molar-refractivity contribution in [3.05, 3.63) is 127 Å². The second-order valence-corrected chi connectivity index (χ2v) is 9.19. The number of phenolic OH excluding ortho intramolecular Hbond substituents is 1. The third-order valence-electron chi connectivity index (χ3n) is 6.34. The van der Waals surface area contributed by atoms with Crippen molar-refractivity contribution >= 4 is 29.8 Å². The summed E-state index contributed by atoms with van der Waals surface area (Å²) in [6.07, 6.45) is 0. The Bertz CT molecular complexity index is 1710. The van der Waals surface area contributed by atoms with E-state index >= 15 is 0 Å². The first-order chi connectivity index (χ1) is 18.0. The van der Waals surface area contributed by atoms with Crippen LogP contribution in [-0.4, -0.2) is 14.9 Å². The molecule has 0 fully saturated rings. The van der Waals surface area contributed by atoms with E-state index in [1.165, 1.54) is 0 Å². The van der Waals surface area contributed by atoms with Gasteiger partial charge in [0.05, 0.1) is 0 Å². The monoisotopic (exact) mass is 504 g/mol. The van der Waals surface area contributed by atoms with Crippen LogP contribution in [0.1, 0.15) is 0 Å². The second kappa shape index (κ2) is 10.8. The normalized spacial score (nSPS) is 10.9. The van der Waals surface area contributed by atoms with Crippen LogP contribution in [0.15, 0.2) is 127 Å². The van der Waals surface area contributed by atoms with E-state index in [2.05, 4.69) is 84.9 Å². The van der Waals surface area contributed by atoms with Gasteiger partial charge in [-0.15, -0.1) is 0 Å². The molecule has 0 saturated heterocycles. The van der Waals surface area contributed by atoms with Gasteiger partial charge in [-0.2, -0.15) is 0 Å². The summed E-state index contributed by atoms with van der Waals surface area (Å²) >= 11 is 0. The molecule has 4 nitrogen and oxygen atoms in total. The molecule has 0 unspecified atom stereocenters. The zero-order valence-electron chi connectivity index (χ0n) is 19.9. The van der Waals surface area contributed by atoms with Gasteiger partial charge in [0.25, 0.3) is 0 Å². The van der Waals surface area contributed by atoms with E-state index in [0.29, 0.717) is 5.75 Å². The first kappa shape index (κ1) is 24.5. The number of phenols is 1. The first-order valence-electron chi connectivity index (χ1n) is 11.8. The molecular weight excluding hydrogens is 479 g/mol. The average molecular weight is 505 g/mol. The van der Waals surface area contributed by atoms with Crippen molar-refractivity contribution < 1.29 is 19.5 Å². The third kappa shape index (κ3) is 5.18. The van der Waals surface area contributed by atoms with Gasteiger partial charge in [-0.3, -0.25) is 4.57 Å². The molecule has 0 aliphatic rings. The molecular formula is C32H25O4P. The summed E-state index contributed by atoms with van der Waals surface area (Å²) in [6.45, 7) is 0. The molecule has 6 aromatic carbocycles. The van der Waals surface area contributed by atoms with E-state index in [9.17, 15) is 5.11 Å². The van der Waals surface area contributed by atoms with Crippen molar-refractivity contribution in [1.82, 2.24) is 0 Å². The van der Waals surface area contributed by atoms with Crippen LogP contribution < -0.4 is 0 Å². The first-order valence-corrected chi connectivity index (χ1v) is 13.1. The highest BCUT2D eigenvalue weighted by molar-refractivity contribution is 7.30. The maximum Gasteiger partial charge on any atom is 0.314 e. The molecule has 0 radical (unpaired) electrons. The Morgan fingerprint density at radius 1 is 0.486 bits per heavy atom. The number of hydrogen-bond donors (Lipinski definition) is 3. The van der Waals surface area contributed by atoms with Crippen LogP contribution >= 0.6 is 8.25 Å². The zero-order valence-corrected chi connectivity index (χ0v) is 20.9. The number of rotatable bonds is 3. The predicted octanol–water partition coefficient (Wildman–Crippen LogP) is 8.06. The lowest BCUT2D eigenvalue weighted by atomic mass is 9.87. The minimum Gasteiger partial charge on any atom is -0.507 e. The summed E-state index contributed by atoms with van der Waals surface area (Å²) in [5.41, 5.74) is 6.06. The van der Waals surface area contributed by atoms with Crippen LogP contribution in [0.2, 0.25) is 0 Å². The number of hydrogen-bond acceptors (Lipinski definition) is 2. The van der Waals surface area contributed by atoms with Crippen LogP contribution in [0.5, 0.6) is 5.75 Å². The number of aromatic hydroxyl groups is 1. The van der Waals surface area contributed by atoms with Crippen molar-refractivity contribution in [3.8, 4) is 39.1 Å². The molecule has 0 aliphatic carbocycles. The highest BCUT2D eigenvalue weighted by Gasteiger charge is 2.18. The van der Waals surface area contributed by atoms with E-state index in [0.717, 1.165) is 54.9 Å². The fourth-order valence-corrected chi connectivity index (χ4v) is 4.76. The Hall–Kier alpha value is -4.21. The molecule has 3 N–H and O–H groups in total. The van der Waals surface area contributed by atoms with Crippen LogP contribution in [0.25, 0.3) is 54.9 Å². The highest BCUT2D eigenvalue weighted by atomic mass is 31.1. The van der Waals surface area contributed by atoms with Gasteiger partial charge in [0, 0.05) is 11.1 Å². The Morgan fingerprint density at radius 2 is 0.973 bits per heavy atom. The zero-order chi connectivity index (χ0) is 25.8. The maximum absolute atomic E-state index is 11.7. The molecule has 0 spiro atoms. The van der Waals surface area contributed by atoms with E-state index < -0.39 is 8.25 Å². The smallest absolute Gasteiger partial charge is 0.314 e. The third-order valence-corrected chi connectivity index (χ3v) is 6.34. The van der Waals surface area contributed by atoms with Gasteiger partial charge in [-0.25, -0.2) is 0 Å². The fraction of sp³-hybridized carbons (Fsp3) is 0. The van der Waals surface area contributed by atoms with E-state index in [4.69, 9.17) is 14.4 Å². The largest absolute Gasteiger partial charge is 0.507 e. The quantitative estimate of drug-likeness (QED) is 0.213. The lowest BCUT2D eigenvalue weighted by molar-refractivity contribution is 0.405. The van der Waals surface area contributed by atoms with Gasteiger partial charge in [0.1, 0.15) is 5.75 Å². The van der Waals surface area contributed by atoms with Gasteiger partial charge in [0.2, 0.25) is 0 Å². The van der Waals surface area contributed by atoms with Crippen molar-refractivity contribution in [2.75, 3.05) is 0 Å². The summed E-state index contributed by atoms with van der Waals surface area (Å²) in [4.78, 5) is 14.3. The minimum absolute atomic E-state index is 0.315. The van der Waals surface area contributed by atoms with Crippen molar-refractivity contribution in [2.24, 2.45) is 0 Å². The fourth-order valence-electron chi connectivity index (χ4n) is 4.76. The predicted molar refractivity (Wildman–Crippen MR) is 153 cm³/mol. The van der Waals surface area contributed by atoms with Crippen molar-refractivity contribution in [2.45, 2.75) is 0 Å². The Kier molecular flexibility index (Phi) is 7.16. The van der Waals surface area contributed by atoms with Gasteiger partial charge < -0.3 is 14.9 Å². The molecule has 182 valence electrons. The van der Waals surface area contributed by atoms with Crippen molar-refractivity contribution in [3.63, 3.8) is 0 Å². The number of benzene rings is 6. The Balaban J connectivity index is 0.000000655. The Morgan fingerprint density at radius 3 is 1.59 bits per heavy atom. The van der Waals surface area contributed by atoms with Crippen LogP contribution in [0.4, 0.5) is 0 Å². The Labute approximate surface area is 215 Å². The standard InChI is InChI=1S/C32H22O.H3O3P/c33-32-29(23-13-5-2-6-14-23)20-25-16-8-10-18-28(25)31(32)30-21-26(22-11-3-1-4-12-22)19-24-15-7-9-17-27(24)30;1-4(2)3/h1-21,33H;4H,(H2,1,2,3). The van der Waals surface area contributed by atoms with Crippen LogP contribution in [0.3, 0.4) is 0 Å². The minimum atomic E-state index is -3.13. The molecule has 37 heavy (non-hydrogen) atoms. The van der Waals surface area contributed by atoms with E-state index in [1.807, 2.05) is 42.5 Å². The molecule has 0 atom stereocenters. The number of fused-ring (bicyclic) bond motifs is 2. The summed E-state index contributed by atoms with van der Waals surface area (Å²) in [6, 6.07) is 43.8.